The van der Waals surface area contributed by atoms with Crippen molar-refractivity contribution in [1.82, 2.24) is 0 Å². The van der Waals surface area contributed by atoms with Crippen molar-refractivity contribution in [1.29, 1.82) is 0 Å². The van der Waals surface area contributed by atoms with E-state index in [1.165, 1.54) is 17.8 Å². The molecule has 2 nitrogen and oxygen atoms in total. The molecule has 0 atom stereocenters. The fourth-order valence-electron chi connectivity index (χ4n) is 1.75. The summed E-state index contributed by atoms with van der Waals surface area (Å²) in [5.74, 6) is -0.938. The van der Waals surface area contributed by atoms with Crippen LogP contribution in [0.2, 0.25) is 0 Å². The first-order valence-electron chi connectivity index (χ1n) is 5.82. The van der Waals surface area contributed by atoms with Gasteiger partial charge < -0.3 is 5.32 Å². The Kier molecular flexibility index (Phi) is 4.22. The van der Waals surface area contributed by atoms with Gasteiger partial charge in [0.1, 0.15) is 5.82 Å². The summed E-state index contributed by atoms with van der Waals surface area (Å²) in [7, 11) is 0. The molecule has 2 rings (SSSR count). The third-order valence-corrected chi connectivity index (χ3v) is 3.52. The minimum Gasteiger partial charge on any atom is -0.321 e. The van der Waals surface area contributed by atoms with Crippen LogP contribution in [-0.2, 0) is 0 Å². The fraction of sp³-hybridized carbons (Fsp3) is 0.133. The molecule has 0 saturated carbocycles. The second kappa shape index (κ2) is 5.89. The second-order valence-corrected chi connectivity index (χ2v) is 4.99. The maximum atomic E-state index is 13.6. The van der Waals surface area contributed by atoms with Crippen LogP contribution < -0.4 is 5.32 Å². The maximum absolute atomic E-state index is 13.6. The van der Waals surface area contributed by atoms with Crippen LogP contribution >= 0.6 is 11.8 Å². The Morgan fingerprint density at radius 1 is 1.21 bits per heavy atom. The molecule has 0 aliphatic rings. The number of hydrogen-bond donors (Lipinski definition) is 1. The van der Waals surface area contributed by atoms with Gasteiger partial charge in [0.05, 0.1) is 11.3 Å². The number of hydrogen-bond acceptors (Lipinski definition) is 2. The summed E-state index contributed by atoms with van der Waals surface area (Å²) >= 11 is 1.53. The Labute approximate surface area is 116 Å². The van der Waals surface area contributed by atoms with E-state index in [-0.39, 0.29) is 5.56 Å². The number of carbonyl (C=O) groups excluding carboxylic acids is 1. The normalized spacial score (nSPS) is 10.3. The monoisotopic (exact) mass is 275 g/mol. The molecule has 2 aromatic carbocycles. The van der Waals surface area contributed by atoms with Crippen molar-refractivity contribution < 1.29 is 9.18 Å². The topological polar surface area (TPSA) is 29.1 Å². The third kappa shape index (κ3) is 3.15. The molecular formula is C15H14FNOS. The van der Waals surface area contributed by atoms with E-state index in [1.54, 1.807) is 18.2 Å². The van der Waals surface area contributed by atoms with Crippen LogP contribution in [0.25, 0.3) is 0 Å². The van der Waals surface area contributed by atoms with E-state index in [0.29, 0.717) is 5.69 Å². The molecular weight excluding hydrogens is 261 g/mol. The highest BCUT2D eigenvalue weighted by atomic mass is 32.2. The number of amides is 1. The highest BCUT2D eigenvalue weighted by Gasteiger charge is 2.13. The van der Waals surface area contributed by atoms with Crippen molar-refractivity contribution >= 4 is 23.4 Å². The molecule has 0 spiro atoms. The van der Waals surface area contributed by atoms with Crippen LogP contribution in [0.15, 0.2) is 47.4 Å². The number of nitrogens with one attached hydrogen (secondary N) is 1. The van der Waals surface area contributed by atoms with E-state index in [9.17, 15) is 9.18 Å². The van der Waals surface area contributed by atoms with Crippen molar-refractivity contribution in [2.24, 2.45) is 0 Å². The molecule has 0 radical (unpaired) electrons. The van der Waals surface area contributed by atoms with Crippen molar-refractivity contribution in [3.8, 4) is 0 Å². The molecule has 1 amide bonds. The quantitative estimate of drug-likeness (QED) is 0.854. The van der Waals surface area contributed by atoms with Crippen LogP contribution in [0.4, 0.5) is 10.1 Å². The summed E-state index contributed by atoms with van der Waals surface area (Å²) < 4.78 is 13.6. The summed E-state index contributed by atoms with van der Waals surface area (Å²) in [4.78, 5) is 13.0. The SMILES string of the molecule is CSc1ccccc1NC(=O)c1cc(C)ccc1F. The number of benzene rings is 2. The molecule has 98 valence electrons. The van der Waals surface area contributed by atoms with Crippen LogP contribution in [0, 0.1) is 12.7 Å². The maximum Gasteiger partial charge on any atom is 0.258 e. The molecule has 0 aromatic heterocycles. The largest absolute Gasteiger partial charge is 0.321 e. The van der Waals surface area contributed by atoms with Gasteiger partial charge in [-0.05, 0) is 37.4 Å². The lowest BCUT2D eigenvalue weighted by atomic mass is 10.1. The van der Waals surface area contributed by atoms with Gasteiger partial charge >= 0.3 is 0 Å². The molecule has 0 aliphatic carbocycles. The number of rotatable bonds is 3. The van der Waals surface area contributed by atoms with Gasteiger partial charge in [0.15, 0.2) is 0 Å². The van der Waals surface area contributed by atoms with Crippen LogP contribution in [0.1, 0.15) is 15.9 Å². The lowest BCUT2D eigenvalue weighted by molar-refractivity contribution is 0.102. The van der Waals surface area contributed by atoms with E-state index in [4.69, 9.17) is 0 Å². The standard InChI is InChI=1S/C15H14FNOS/c1-10-7-8-12(16)11(9-10)15(18)17-13-5-3-4-6-14(13)19-2/h3-9H,1-2H3,(H,17,18). The zero-order chi connectivity index (χ0) is 13.8. The molecule has 0 aliphatic heterocycles. The lowest BCUT2D eigenvalue weighted by Gasteiger charge is -2.10. The first-order valence-corrected chi connectivity index (χ1v) is 7.05. The van der Waals surface area contributed by atoms with Gasteiger partial charge in [-0.3, -0.25) is 4.79 Å². The second-order valence-electron chi connectivity index (χ2n) is 4.14. The predicted molar refractivity (Wildman–Crippen MR) is 77.3 cm³/mol. The number of aryl methyl sites for hydroxylation is 1. The zero-order valence-electron chi connectivity index (χ0n) is 10.7. The van der Waals surface area contributed by atoms with Crippen LogP contribution in [-0.4, -0.2) is 12.2 Å². The number of thioether (sulfide) groups is 1. The van der Waals surface area contributed by atoms with E-state index < -0.39 is 11.7 Å². The van der Waals surface area contributed by atoms with Crippen molar-refractivity contribution in [2.75, 3.05) is 11.6 Å². The van der Waals surface area contributed by atoms with E-state index in [0.717, 1.165) is 10.5 Å². The Morgan fingerprint density at radius 2 is 1.95 bits per heavy atom. The van der Waals surface area contributed by atoms with Gasteiger partial charge in [-0.1, -0.05) is 23.8 Å². The molecule has 0 bridgehead atoms. The first kappa shape index (κ1) is 13.6. The van der Waals surface area contributed by atoms with Gasteiger partial charge in [-0.25, -0.2) is 4.39 Å². The molecule has 0 heterocycles. The van der Waals surface area contributed by atoms with Gasteiger partial charge in [0, 0.05) is 4.90 Å². The summed E-state index contributed by atoms with van der Waals surface area (Å²) in [6.07, 6.45) is 1.93. The zero-order valence-corrected chi connectivity index (χ0v) is 11.6. The predicted octanol–water partition coefficient (Wildman–Crippen LogP) is 4.11. The minimum atomic E-state index is -0.510. The van der Waals surface area contributed by atoms with Gasteiger partial charge in [0.25, 0.3) is 5.91 Å². The molecule has 1 N–H and O–H groups in total. The van der Waals surface area contributed by atoms with E-state index in [1.807, 2.05) is 31.4 Å². The molecule has 0 fully saturated rings. The van der Waals surface area contributed by atoms with E-state index in [2.05, 4.69) is 5.32 Å². The van der Waals surface area contributed by atoms with Crippen molar-refractivity contribution in [3.63, 3.8) is 0 Å². The Morgan fingerprint density at radius 3 is 2.68 bits per heavy atom. The number of anilines is 1. The summed E-state index contributed by atoms with van der Waals surface area (Å²) in [6, 6.07) is 11.9. The number of halogens is 1. The molecule has 0 saturated heterocycles. The van der Waals surface area contributed by atoms with Crippen LogP contribution in [0.5, 0.6) is 0 Å². The summed E-state index contributed by atoms with van der Waals surface area (Å²) in [5.41, 5.74) is 1.61. The molecule has 4 heteroatoms. The Hall–Kier alpha value is -1.81. The summed E-state index contributed by atoms with van der Waals surface area (Å²) in [5, 5.41) is 2.75. The fourth-order valence-corrected chi connectivity index (χ4v) is 2.30. The smallest absolute Gasteiger partial charge is 0.258 e. The average molecular weight is 275 g/mol. The average Bonchev–Trinajstić information content (AvgIpc) is 2.42. The van der Waals surface area contributed by atoms with Gasteiger partial charge in [-0.2, -0.15) is 0 Å². The number of para-hydroxylation sites is 1. The van der Waals surface area contributed by atoms with Crippen molar-refractivity contribution in [3.05, 3.63) is 59.4 Å². The Bertz CT molecular complexity index is 613. The molecule has 2 aromatic rings. The highest BCUT2D eigenvalue weighted by Crippen LogP contribution is 2.25. The minimum absolute atomic E-state index is 0.0657. The van der Waals surface area contributed by atoms with Gasteiger partial charge in [-0.15, -0.1) is 11.8 Å². The van der Waals surface area contributed by atoms with Gasteiger partial charge in [0.2, 0.25) is 0 Å². The van der Waals surface area contributed by atoms with E-state index >= 15 is 0 Å². The number of carbonyl (C=O) groups is 1. The first-order chi connectivity index (χ1) is 9.11. The lowest BCUT2D eigenvalue weighted by Crippen LogP contribution is -2.14. The van der Waals surface area contributed by atoms with Crippen molar-refractivity contribution in [2.45, 2.75) is 11.8 Å². The highest BCUT2D eigenvalue weighted by molar-refractivity contribution is 7.98. The third-order valence-electron chi connectivity index (χ3n) is 2.72. The Balaban J connectivity index is 2.28. The summed E-state index contributed by atoms with van der Waals surface area (Å²) in [6.45, 7) is 1.83. The molecule has 19 heavy (non-hydrogen) atoms. The molecule has 0 unspecified atom stereocenters. The van der Waals surface area contributed by atoms with Crippen LogP contribution in [0.3, 0.4) is 0 Å².